The Morgan fingerprint density at radius 1 is 1.23 bits per heavy atom. The molecule has 0 N–H and O–H groups in total. The van der Waals surface area contributed by atoms with Crippen LogP contribution in [0.15, 0.2) is 12.7 Å². The molecule has 0 aromatic heterocycles. The highest BCUT2D eigenvalue weighted by molar-refractivity contribution is 4.96. The summed E-state index contributed by atoms with van der Waals surface area (Å²) in [4.78, 5) is 0. The van der Waals surface area contributed by atoms with E-state index in [1.807, 2.05) is 0 Å². The lowest BCUT2D eigenvalue weighted by molar-refractivity contribution is 0.126. The smallest absolute Gasteiger partial charge is 0.0149 e. The van der Waals surface area contributed by atoms with Gasteiger partial charge in [0, 0.05) is 0 Å². The molecule has 13 heavy (non-hydrogen) atoms. The van der Waals surface area contributed by atoms with Crippen LogP contribution in [0.25, 0.3) is 0 Å². The van der Waals surface area contributed by atoms with Crippen LogP contribution in [-0.4, -0.2) is 0 Å². The van der Waals surface area contributed by atoms with Crippen molar-refractivity contribution >= 4 is 0 Å². The first-order valence-corrected chi connectivity index (χ1v) is 5.51. The van der Waals surface area contributed by atoms with E-state index in [1.165, 1.54) is 25.7 Å². The van der Waals surface area contributed by atoms with E-state index in [0.717, 1.165) is 5.92 Å². The lowest BCUT2D eigenvalue weighted by Gasteiger charge is -2.40. The molecule has 0 aliphatic heterocycles. The van der Waals surface area contributed by atoms with Gasteiger partial charge in [0.05, 0.1) is 0 Å². The molecule has 0 amide bonds. The average molecular weight is 180 g/mol. The predicted molar refractivity (Wildman–Crippen MR) is 59.7 cm³/mol. The number of hydrogen-bond donors (Lipinski definition) is 0. The molecule has 1 saturated carbocycles. The predicted octanol–water partition coefficient (Wildman–Crippen LogP) is 4.42. The first kappa shape index (κ1) is 10.8. The molecule has 1 fully saturated rings. The fraction of sp³-hybridized carbons (Fsp3) is 0.846. The van der Waals surface area contributed by atoms with Crippen molar-refractivity contribution in [3.8, 4) is 0 Å². The van der Waals surface area contributed by atoms with Crippen molar-refractivity contribution < 1.29 is 0 Å². The highest BCUT2D eigenvalue weighted by Gasteiger charge is 2.33. The number of hydrogen-bond acceptors (Lipinski definition) is 0. The largest absolute Gasteiger partial charge is 0.103 e. The molecule has 0 heterocycles. The average Bonchev–Trinajstić information content (AvgIpc) is 2.04. The molecule has 76 valence electrons. The lowest BCUT2D eigenvalue weighted by atomic mass is 9.65. The minimum atomic E-state index is 0.432. The Hall–Kier alpha value is -0.260. The molecule has 0 unspecified atom stereocenters. The second-order valence-corrected chi connectivity index (χ2v) is 6.00. The lowest BCUT2D eigenvalue weighted by Crippen LogP contribution is -2.29. The van der Waals surface area contributed by atoms with Crippen molar-refractivity contribution in [3.05, 3.63) is 12.7 Å². The second kappa shape index (κ2) is 3.48. The van der Waals surface area contributed by atoms with Gasteiger partial charge < -0.3 is 0 Å². The molecule has 0 bridgehead atoms. The molecule has 0 radical (unpaired) electrons. The summed E-state index contributed by atoms with van der Waals surface area (Å²) in [5.74, 6) is 0.917. The normalized spacial score (nSPS) is 35.8. The van der Waals surface area contributed by atoms with E-state index in [2.05, 4.69) is 40.3 Å². The zero-order valence-corrected chi connectivity index (χ0v) is 9.69. The van der Waals surface area contributed by atoms with E-state index >= 15 is 0 Å². The van der Waals surface area contributed by atoms with E-state index < -0.39 is 0 Å². The van der Waals surface area contributed by atoms with Gasteiger partial charge in [0.2, 0.25) is 0 Å². The van der Waals surface area contributed by atoms with E-state index in [9.17, 15) is 0 Å². The van der Waals surface area contributed by atoms with Crippen LogP contribution in [0.3, 0.4) is 0 Å². The Bertz CT molecular complexity index is 175. The maximum Gasteiger partial charge on any atom is -0.0149 e. The molecule has 1 aliphatic rings. The summed E-state index contributed by atoms with van der Waals surface area (Å²) in [6, 6.07) is 0. The van der Waals surface area contributed by atoms with E-state index in [0.29, 0.717) is 10.8 Å². The fourth-order valence-corrected chi connectivity index (χ4v) is 2.35. The minimum absolute atomic E-state index is 0.432. The summed E-state index contributed by atoms with van der Waals surface area (Å²) in [7, 11) is 0. The van der Waals surface area contributed by atoms with Crippen LogP contribution in [0.2, 0.25) is 0 Å². The quantitative estimate of drug-likeness (QED) is 0.524. The third-order valence-electron chi connectivity index (χ3n) is 3.85. The first-order valence-electron chi connectivity index (χ1n) is 5.51. The van der Waals surface area contributed by atoms with Gasteiger partial charge in [-0.25, -0.2) is 0 Å². The Kier molecular flexibility index (Phi) is 2.89. The SMILES string of the molecule is C=CC1(C)CCC(C(C)(C)C)CC1. The topological polar surface area (TPSA) is 0 Å². The standard InChI is InChI=1S/C13H24/c1-6-13(5)9-7-11(8-10-13)12(2,3)4/h6,11H,1,7-10H2,2-5H3. The molecule has 0 aromatic carbocycles. The van der Waals surface area contributed by atoms with Crippen molar-refractivity contribution in [2.24, 2.45) is 16.7 Å². The van der Waals surface area contributed by atoms with Crippen LogP contribution < -0.4 is 0 Å². The second-order valence-electron chi connectivity index (χ2n) is 6.00. The van der Waals surface area contributed by atoms with Gasteiger partial charge >= 0.3 is 0 Å². The van der Waals surface area contributed by atoms with E-state index in [1.54, 1.807) is 0 Å². The molecule has 0 saturated heterocycles. The van der Waals surface area contributed by atoms with Crippen LogP contribution in [0.4, 0.5) is 0 Å². The maximum absolute atomic E-state index is 3.94. The molecule has 0 nitrogen and oxygen atoms in total. The van der Waals surface area contributed by atoms with Crippen molar-refractivity contribution in [3.63, 3.8) is 0 Å². The van der Waals surface area contributed by atoms with Gasteiger partial charge in [-0.05, 0) is 42.4 Å². The van der Waals surface area contributed by atoms with Crippen LogP contribution in [0.1, 0.15) is 53.4 Å². The van der Waals surface area contributed by atoms with Crippen molar-refractivity contribution in [2.45, 2.75) is 53.4 Å². The van der Waals surface area contributed by atoms with E-state index in [-0.39, 0.29) is 0 Å². The van der Waals surface area contributed by atoms with Gasteiger partial charge in [0.25, 0.3) is 0 Å². The Labute approximate surface area is 83.4 Å². The Morgan fingerprint density at radius 3 is 2.00 bits per heavy atom. The van der Waals surface area contributed by atoms with Gasteiger partial charge in [0.15, 0.2) is 0 Å². The molecule has 0 spiro atoms. The molecular weight excluding hydrogens is 156 g/mol. The third-order valence-corrected chi connectivity index (χ3v) is 3.85. The van der Waals surface area contributed by atoms with Crippen LogP contribution in [0, 0.1) is 16.7 Å². The zero-order chi connectivity index (χ0) is 10.1. The van der Waals surface area contributed by atoms with Gasteiger partial charge in [-0.1, -0.05) is 33.8 Å². The summed E-state index contributed by atoms with van der Waals surface area (Å²) in [5.41, 5.74) is 0.935. The van der Waals surface area contributed by atoms with Gasteiger partial charge in [-0.15, -0.1) is 6.58 Å². The highest BCUT2D eigenvalue weighted by Crippen LogP contribution is 2.45. The molecule has 0 atom stereocenters. The van der Waals surface area contributed by atoms with Crippen LogP contribution in [0.5, 0.6) is 0 Å². The fourth-order valence-electron chi connectivity index (χ4n) is 2.35. The third kappa shape index (κ3) is 2.59. The van der Waals surface area contributed by atoms with Gasteiger partial charge in [-0.3, -0.25) is 0 Å². The molecule has 0 aromatic rings. The monoisotopic (exact) mass is 180 g/mol. The molecule has 1 aliphatic carbocycles. The summed E-state index contributed by atoms with van der Waals surface area (Å²) < 4.78 is 0. The highest BCUT2D eigenvalue weighted by atomic mass is 14.4. The molecule has 0 heteroatoms. The number of allylic oxidation sites excluding steroid dienone is 1. The summed E-state index contributed by atoms with van der Waals surface area (Å²) in [6.07, 6.45) is 7.58. The van der Waals surface area contributed by atoms with Crippen molar-refractivity contribution in [1.29, 1.82) is 0 Å². The zero-order valence-electron chi connectivity index (χ0n) is 9.69. The summed E-state index contributed by atoms with van der Waals surface area (Å²) in [5, 5.41) is 0. The summed E-state index contributed by atoms with van der Waals surface area (Å²) >= 11 is 0. The van der Waals surface area contributed by atoms with Gasteiger partial charge in [0.1, 0.15) is 0 Å². The van der Waals surface area contributed by atoms with Crippen molar-refractivity contribution in [2.75, 3.05) is 0 Å². The van der Waals surface area contributed by atoms with Gasteiger partial charge in [-0.2, -0.15) is 0 Å². The summed E-state index contributed by atoms with van der Waals surface area (Å²) in [6.45, 7) is 13.4. The Balaban J connectivity index is 2.53. The van der Waals surface area contributed by atoms with Crippen molar-refractivity contribution in [1.82, 2.24) is 0 Å². The van der Waals surface area contributed by atoms with Crippen LogP contribution in [-0.2, 0) is 0 Å². The molecule has 1 rings (SSSR count). The number of rotatable bonds is 1. The van der Waals surface area contributed by atoms with Crippen LogP contribution >= 0.6 is 0 Å². The Morgan fingerprint density at radius 2 is 1.69 bits per heavy atom. The molecular formula is C13H24. The maximum atomic E-state index is 3.94. The first-order chi connectivity index (χ1) is 5.87. The van der Waals surface area contributed by atoms with E-state index in [4.69, 9.17) is 0 Å². The minimum Gasteiger partial charge on any atom is -0.103 e.